The maximum Gasteiger partial charge on any atom is 0.00964 e. The lowest BCUT2D eigenvalue weighted by atomic mass is 9.85. The van der Waals surface area contributed by atoms with Crippen LogP contribution in [-0.2, 0) is 0 Å². The molecule has 2 heteroatoms. The van der Waals surface area contributed by atoms with Gasteiger partial charge >= 0.3 is 0 Å². The Hall–Kier alpha value is -0.0800. The van der Waals surface area contributed by atoms with E-state index in [2.05, 4.69) is 24.1 Å². The van der Waals surface area contributed by atoms with Crippen molar-refractivity contribution in [3.8, 4) is 0 Å². The highest BCUT2D eigenvalue weighted by Gasteiger charge is 2.29. The standard InChI is InChI=1S/C15H30N2/c1-3-10-17(15-6-7-15)11-8-13(2)14-5-4-9-16-12-14/h13-16H,3-12H2,1-2H3. The Bertz CT molecular complexity index is 207. The topological polar surface area (TPSA) is 15.3 Å². The normalized spacial score (nSPS) is 27.4. The van der Waals surface area contributed by atoms with Gasteiger partial charge < -0.3 is 10.2 Å². The largest absolute Gasteiger partial charge is 0.316 e. The van der Waals surface area contributed by atoms with Crippen LogP contribution in [-0.4, -0.2) is 37.1 Å². The van der Waals surface area contributed by atoms with Crippen LogP contribution < -0.4 is 5.32 Å². The molecule has 2 aliphatic rings. The Balaban J connectivity index is 1.67. The maximum absolute atomic E-state index is 3.55. The molecule has 0 amide bonds. The fourth-order valence-corrected chi connectivity index (χ4v) is 3.17. The Morgan fingerprint density at radius 2 is 2.06 bits per heavy atom. The molecule has 2 rings (SSSR count). The number of rotatable bonds is 7. The summed E-state index contributed by atoms with van der Waals surface area (Å²) < 4.78 is 0. The predicted octanol–water partition coefficient (Wildman–Crippen LogP) is 2.89. The first-order chi connectivity index (χ1) is 8.31. The molecule has 0 aromatic carbocycles. The highest BCUT2D eigenvalue weighted by atomic mass is 15.2. The lowest BCUT2D eigenvalue weighted by Crippen LogP contribution is -2.35. The second kappa shape index (κ2) is 6.75. The molecule has 1 aliphatic heterocycles. The van der Waals surface area contributed by atoms with Crippen molar-refractivity contribution in [3.63, 3.8) is 0 Å². The van der Waals surface area contributed by atoms with Crippen LogP contribution in [0.3, 0.4) is 0 Å². The van der Waals surface area contributed by atoms with E-state index in [0.29, 0.717) is 0 Å². The minimum Gasteiger partial charge on any atom is -0.316 e. The smallest absolute Gasteiger partial charge is 0.00964 e. The minimum atomic E-state index is 0.904. The van der Waals surface area contributed by atoms with Gasteiger partial charge in [-0.15, -0.1) is 0 Å². The van der Waals surface area contributed by atoms with Crippen LogP contribution in [0.15, 0.2) is 0 Å². The second-order valence-corrected chi connectivity index (χ2v) is 6.14. The van der Waals surface area contributed by atoms with Gasteiger partial charge in [-0.3, -0.25) is 0 Å². The SMILES string of the molecule is CCCN(CCC(C)C1CCCNC1)C1CC1. The monoisotopic (exact) mass is 238 g/mol. The molecule has 2 nitrogen and oxygen atoms in total. The third-order valence-corrected chi connectivity index (χ3v) is 4.59. The van der Waals surface area contributed by atoms with Crippen molar-refractivity contribution in [1.82, 2.24) is 10.2 Å². The molecule has 1 N–H and O–H groups in total. The van der Waals surface area contributed by atoms with E-state index in [0.717, 1.165) is 17.9 Å². The summed E-state index contributed by atoms with van der Waals surface area (Å²) in [6.07, 6.45) is 8.47. The number of hydrogen-bond acceptors (Lipinski definition) is 2. The van der Waals surface area contributed by atoms with Crippen molar-refractivity contribution < 1.29 is 0 Å². The first-order valence-electron chi connectivity index (χ1n) is 7.76. The van der Waals surface area contributed by atoms with Crippen molar-refractivity contribution >= 4 is 0 Å². The van der Waals surface area contributed by atoms with Crippen molar-refractivity contribution in [2.24, 2.45) is 11.8 Å². The van der Waals surface area contributed by atoms with E-state index in [9.17, 15) is 0 Å². The average Bonchev–Trinajstić information content (AvgIpc) is 3.19. The molecule has 0 bridgehead atoms. The van der Waals surface area contributed by atoms with Crippen LogP contribution in [0.1, 0.15) is 52.4 Å². The van der Waals surface area contributed by atoms with E-state index in [4.69, 9.17) is 0 Å². The van der Waals surface area contributed by atoms with Gasteiger partial charge in [0.05, 0.1) is 0 Å². The van der Waals surface area contributed by atoms with E-state index in [-0.39, 0.29) is 0 Å². The first-order valence-corrected chi connectivity index (χ1v) is 7.76. The van der Waals surface area contributed by atoms with E-state index in [1.165, 1.54) is 64.7 Å². The molecule has 2 atom stereocenters. The number of piperidine rings is 1. The number of hydrogen-bond donors (Lipinski definition) is 1. The van der Waals surface area contributed by atoms with Gasteiger partial charge in [0.15, 0.2) is 0 Å². The summed E-state index contributed by atoms with van der Waals surface area (Å²) in [6.45, 7) is 9.95. The lowest BCUT2D eigenvalue weighted by Gasteiger charge is -2.30. The number of nitrogens with zero attached hydrogens (tertiary/aromatic N) is 1. The van der Waals surface area contributed by atoms with Crippen LogP contribution in [0.4, 0.5) is 0 Å². The van der Waals surface area contributed by atoms with Crippen molar-refractivity contribution in [2.45, 2.75) is 58.4 Å². The van der Waals surface area contributed by atoms with Crippen molar-refractivity contribution in [1.29, 1.82) is 0 Å². The van der Waals surface area contributed by atoms with Crippen LogP contribution in [0.2, 0.25) is 0 Å². The highest BCUT2D eigenvalue weighted by molar-refractivity contribution is 4.85. The van der Waals surface area contributed by atoms with Gasteiger partial charge in [-0.2, -0.15) is 0 Å². The Morgan fingerprint density at radius 1 is 1.24 bits per heavy atom. The highest BCUT2D eigenvalue weighted by Crippen LogP contribution is 2.29. The molecule has 100 valence electrons. The number of nitrogens with one attached hydrogen (secondary N) is 1. The summed E-state index contributed by atoms with van der Waals surface area (Å²) in [5, 5.41) is 3.55. The molecular formula is C15H30N2. The summed E-state index contributed by atoms with van der Waals surface area (Å²) in [6, 6.07) is 0.951. The van der Waals surface area contributed by atoms with E-state index < -0.39 is 0 Å². The van der Waals surface area contributed by atoms with Crippen LogP contribution in [0.25, 0.3) is 0 Å². The summed E-state index contributed by atoms with van der Waals surface area (Å²) >= 11 is 0. The van der Waals surface area contributed by atoms with Crippen molar-refractivity contribution in [3.05, 3.63) is 0 Å². The zero-order chi connectivity index (χ0) is 12.1. The molecular weight excluding hydrogens is 208 g/mol. The third kappa shape index (κ3) is 4.26. The van der Waals surface area contributed by atoms with E-state index in [1.807, 2.05) is 0 Å². The molecule has 0 aromatic rings. The van der Waals surface area contributed by atoms with Gasteiger partial charge in [-0.25, -0.2) is 0 Å². The lowest BCUT2D eigenvalue weighted by molar-refractivity contribution is 0.206. The molecule has 0 radical (unpaired) electrons. The van der Waals surface area contributed by atoms with Gasteiger partial charge in [0, 0.05) is 6.04 Å². The molecule has 2 fully saturated rings. The van der Waals surface area contributed by atoms with Crippen LogP contribution in [0, 0.1) is 11.8 Å². The van der Waals surface area contributed by atoms with E-state index in [1.54, 1.807) is 0 Å². The van der Waals surface area contributed by atoms with Gasteiger partial charge in [0.1, 0.15) is 0 Å². The van der Waals surface area contributed by atoms with Gasteiger partial charge in [-0.05, 0) is 76.5 Å². The minimum absolute atomic E-state index is 0.904. The summed E-state index contributed by atoms with van der Waals surface area (Å²) in [5.74, 6) is 1.84. The van der Waals surface area contributed by atoms with Crippen LogP contribution >= 0.6 is 0 Å². The second-order valence-electron chi connectivity index (χ2n) is 6.14. The third-order valence-electron chi connectivity index (χ3n) is 4.59. The van der Waals surface area contributed by atoms with Gasteiger partial charge in [-0.1, -0.05) is 13.8 Å². The summed E-state index contributed by atoms with van der Waals surface area (Å²) in [4.78, 5) is 2.74. The zero-order valence-corrected chi connectivity index (χ0v) is 11.8. The quantitative estimate of drug-likeness (QED) is 0.733. The van der Waals surface area contributed by atoms with Crippen LogP contribution in [0.5, 0.6) is 0 Å². The molecule has 2 unspecified atom stereocenters. The predicted molar refractivity (Wildman–Crippen MR) is 74.3 cm³/mol. The van der Waals surface area contributed by atoms with Gasteiger partial charge in [0.2, 0.25) is 0 Å². The summed E-state index contributed by atoms with van der Waals surface area (Å²) in [5.41, 5.74) is 0. The Labute approximate surface area is 107 Å². The molecule has 1 aliphatic carbocycles. The maximum atomic E-state index is 3.55. The average molecular weight is 238 g/mol. The van der Waals surface area contributed by atoms with Crippen molar-refractivity contribution in [2.75, 3.05) is 26.2 Å². The van der Waals surface area contributed by atoms with E-state index >= 15 is 0 Å². The zero-order valence-electron chi connectivity index (χ0n) is 11.8. The first kappa shape index (κ1) is 13.4. The molecule has 0 spiro atoms. The summed E-state index contributed by atoms with van der Waals surface area (Å²) in [7, 11) is 0. The molecule has 1 saturated heterocycles. The Morgan fingerprint density at radius 3 is 2.65 bits per heavy atom. The fraction of sp³-hybridized carbons (Fsp3) is 1.00. The fourth-order valence-electron chi connectivity index (χ4n) is 3.17. The molecule has 17 heavy (non-hydrogen) atoms. The molecule has 1 saturated carbocycles. The molecule has 0 aromatic heterocycles. The molecule has 1 heterocycles. The Kier molecular flexibility index (Phi) is 5.30. The van der Waals surface area contributed by atoms with Gasteiger partial charge in [0.25, 0.3) is 0 Å².